The SMILES string of the molecule is Cn1cnc(CCNC(=O)C2CCC(C(F)(F)F)CN2)n1. The van der Waals surface area contributed by atoms with E-state index in [1.807, 2.05) is 0 Å². The van der Waals surface area contributed by atoms with Crippen LogP contribution in [0.1, 0.15) is 18.7 Å². The molecule has 1 amide bonds. The van der Waals surface area contributed by atoms with Crippen LogP contribution in [0.5, 0.6) is 0 Å². The van der Waals surface area contributed by atoms with Crippen molar-refractivity contribution in [2.75, 3.05) is 13.1 Å². The van der Waals surface area contributed by atoms with E-state index in [0.717, 1.165) is 0 Å². The van der Waals surface area contributed by atoms with Gasteiger partial charge in [0.15, 0.2) is 5.82 Å². The van der Waals surface area contributed by atoms with Gasteiger partial charge in [-0.05, 0) is 12.8 Å². The van der Waals surface area contributed by atoms with Crippen molar-refractivity contribution in [1.82, 2.24) is 25.4 Å². The van der Waals surface area contributed by atoms with Crippen LogP contribution >= 0.6 is 0 Å². The molecular weight excluding hydrogens is 287 g/mol. The summed E-state index contributed by atoms with van der Waals surface area (Å²) in [6.07, 6.45) is -1.96. The molecule has 0 bridgehead atoms. The number of nitrogens with zero attached hydrogens (tertiary/aromatic N) is 3. The van der Waals surface area contributed by atoms with E-state index in [1.54, 1.807) is 18.1 Å². The molecule has 9 heteroatoms. The first kappa shape index (κ1) is 15.7. The summed E-state index contributed by atoms with van der Waals surface area (Å²) < 4.78 is 39.1. The summed E-state index contributed by atoms with van der Waals surface area (Å²) >= 11 is 0. The predicted molar refractivity (Wildman–Crippen MR) is 68.3 cm³/mol. The van der Waals surface area contributed by atoms with Crippen LogP contribution < -0.4 is 10.6 Å². The van der Waals surface area contributed by atoms with Gasteiger partial charge in [0.25, 0.3) is 0 Å². The molecule has 2 N–H and O–H groups in total. The zero-order valence-electron chi connectivity index (χ0n) is 11.7. The summed E-state index contributed by atoms with van der Waals surface area (Å²) in [5.74, 6) is -1.02. The number of carbonyl (C=O) groups is 1. The van der Waals surface area contributed by atoms with Crippen molar-refractivity contribution in [3.05, 3.63) is 12.2 Å². The Hall–Kier alpha value is -1.64. The number of alkyl halides is 3. The highest BCUT2D eigenvalue weighted by Crippen LogP contribution is 2.31. The van der Waals surface area contributed by atoms with Gasteiger partial charge in [0.2, 0.25) is 5.91 Å². The number of rotatable bonds is 4. The molecule has 0 aliphatic carbocycles. The lowest BCUT2D eigenvalue weighted by Crippen LogP contribution is -2.51. The summed E-state index contributed by atoms with van der Waals surface area (Å²) in [6, 6.07) is -0.555. The average molecular weight is 305 g/mol. The van der Waals surface area contributed by atoms with Crippen molar-refractivity contribution < 1.29 is 18.0 Å². The Balaban J connectivity index is 1.70. The second-order valence-corrected chi connectivity index (χ2v) is 5.15. The molecule has 0 aromatic carbocycles. The molecular formula is C12H18F3N5O. The Morgan fingerprint density at radius 3 is 2.81 bits per heavy atom. The lowest BCUT2D eigenvalue weighted by molar-refractivity contribution is -0.180. The standard InChI is InChI=1S/C12H18F3N5O/c1-20-7-18-10(19-20)4-5-16-11(21)9-3-2-8(6-17-9)12(13,14)15/h7-9,17H,2-6H2,1H3,(H,16,21). The molecule has 0 saturated carbocycles. The highest BCUT2D eigenvalue weighted by Gasteiger charge is 2.42. The third-order valence-corrected chi connectivity index (χ3v) is 3.49. The van der Waals surface area contributed by atoms with Crippen molar-refractivity contribution >= 4 is 5.91 Å². The normalized spacial score (nSPS) is 23.0. The molecule has 2 atom stereocenters. The van der Waals surface area contributed by atoms with E-state index in [1.165, 1.54) is 0 Å². The Bertz CT molecular complexity index is 479. The van der Waals surface area contributed by atoms with Crippen LogP contribution in [0.3, 0.4) is 0 Å². The first-order valence-electron chi connectivity index (χ1n) is 6.78. The first-order chi connectivity index (χ1) is 9.86. The van der Waals surface area contributed by atoms with Crippen LogP contribution in [0.25, 0.3) is 0 Å². The Morgan fingerprint density at radius 1 is 1.52 bits per heavy atom. The van der Waals surface area contributed by atoms with Gasteiger partial charge in [0.1, 0.15) is 6.33 Å². The third kappa shape index (κ3) is 4.42. The van der Waals surface area contributed by atoms with Gasteiger partial charge >= 0.3 is 6.18 Å². The summed E-state index contributed by atoms with van der Waals surface area (Å²) in [5.41, 5.74) is 0. The van der Waals surface area contributed by atoms with E-state index >= 15 is 0 Å². The van der Waals surface area contributed by atoms with Crippen molar-refractivity contribution in [3.8, 4) is 0 Å². The molecule has 1 aliphatic heterocycles. The maximum absolute atomic E-state index is 12.5. The lowest BCUT2D eigenvalue weighted by atomic mass is 9.94. The minimum atomic E-state index is -4.20. The Morgan fingerprint density at radius 2 is 2.29 bits per heavy atom. The smallest absolute Gasteiger partial charge is 0.354 e. The Labute approximate surface area is 120 Å². The van der Waals surface area contributed by atoms with Gasteiger partial charge in [-0.3, -0.25) is 9.48 Å². The van der Waals surface area contributed by atoms with E-state index in [2.05, 4.69) is 20.7 Å². The predicted octanol–water partition coefficient (Wildman–Crippen LogP) is 0.404. The lowest BCUT2D eigenvalue weighted by Gasteiger charge is -2.30. The summed E-state index contributed by atoms with van der Waals surface area (Å²) in [6.45, 7) is 0.160. The number of hydrogen-bond donors (Lipinski definition) is 2. The Kier molecular flexibility index (Phi) is 4.81. The maximum Gasteiger partial charge on any atom is 0.393 e. The number of aryl methyl sites for hydroxylation is 1. The zero-order chi connectivity index (χ0) is 15.5. The molecule has 2 rings (SSSR count). The molecule has 1 aliphatic rings. The van der Waals surface area contributed by atoms with Gasteiger partial charge < -0.3 is 10.6 Å². The molecule has 1 aromatic heterocycles. The quantitative estimate of drug-likeness (QED) is 0.845. The van der Waals surface area contributed by atoms with E-state index in [0.29, 0.717) is 18.8 Å². The topological polar surface area (TPSA) is 71.8 Å². The number of amides is 1. The van der Waals surface area contributed by atoms with Crippen LogP contribution in [0, 0.1) is 5.92 Å². The van der Waals surface area contributed by atoms with Gasteiger partial charge in [-0.25, -0.2) is 4.98 Å². The van der Waals surface area contributed by atoms with Crippen LogP contribution in [0.15, 0.2) is 6.33 Å². The molecule has 1 aromatic rings. The monoisotopic (exact) mass is 305 g/mol. The minimum absolute atomic E-state index is 0.0175. The number of carbonyl (C=O) groups excluding carboxylic acids is 1. The van der Waals surface area contributed by atoms with Crippen molar-refractivity contribution in [1.29, 1.82) is 0 Å². The van der Waals surface area contributed by atoms with E-state index in [4.69, 9.17) is 0 Å². The van der Waals surface area contributed by atoms with Crippen LogP contribution in [-0.2, 0) is 18.3 Å². The number of aromatic nitrogens is 3. The summed E-state index contributed by atoms with van der Waals surface area (Å²) in [7, 11) is 1.75. The number of piperidine rings is 1. The van der Waals surface area contributed by atoms with Gasteiger partial charge in [0, 0.05) is 26.6 Å². The fourth-order valence-electron chi connectivity index (χ4n) is 2.28. The second kappa shape index (κ2) is 6.42. The van der Waals surface area contributed by atoms with Gasteiger partial charge in [0.05, 0.1) is 12.0 Å². The molecule has 0 radical (unpaired) electrons. The van der Waals surface area contributed by atoms with E-state index < -0.39 is 18.1 Å². The maximum atomic E-state index is 12.5. The third-order valence-electron chi connectivity index (χ3n) is 3.49. The fraction of sp³-hybridized carbons (Fsp3) is 0.750. The summed E-state index contributed by atoms with van der Waals surface area (Å²) in [5, 5.41) is 9.42. The number of hydrogen-bond acceptors (Lipinski definition) is 4. The first-order valence-corrected chi connectivity index (χ1v) is 6.78. The van der Waals surface area contributed by atoms with Gasteiger partial charge in [-0.1, -0.05) is 0 Å². The number of nitrogens with one attached hydrogen (secondary N) is 2. The molecule has 6 nitrogen and oxygen atoms in total. The second-order valence-electron chi connectivity index (χ2n) is 5.15. The van der Waals surface area contributed by atoms with E-state index in [-0.39, 0.29) is 25.3 Å². The van der Waals surface area contributed by atoms with Crippen LogP contribution in [-0.4, -0.2) is 46.0 Å². The summed E-state index contributed by atoms with van der Waals surface area (Å²) in [4.78, 5) is 15.9. The highest BCUT2D eigenvalue weighted by molar-refractivity contribution is 5.81. The largest absolute Gasteiger partial charge is 0.393 e. The fourth-order valence-corrected chi connectivity index (χ4v) is 2.28. The minimum Gasteiger partial charge on any atom is -0.354 e. The van der Waals surface area contributed by atoms with Crippen LogP contribution in [0.2, 0.25) is 0 Å². The molecule has 118 valence electrons. The highest BCUT2D eigenvalue weighted by atomic mass is 19.4. The van der Waals surface area contributed by atoms with Crippen molar-refractivity contribution in [2.24, 2.45) is 13.0 Å². The van der Waals surface area contributed by atoms with Gasteiger partial charge in [-0.2, -0.15) is 18.3 Å². The molecule has 1 saturated heterocycles. The zero-order valence-corrected chi connectivity index (χ0v) is 11.7. The van der Waals surface area contributed by atoms with Crippen LogP contribution in [0.4, 0.5) is 13.2 Å². The molecule has 2 heterocycles. The number of halogens is 3. The van der Waals surface area contributed by atoms with Crippen molar-refractivity contribution in [2.45, 2.75) is 31.5 Å². The molecule has 1 fully saturated rings. The molecule has 0 spiro atoms. The van der Waals surface area contributed by atoms with Crippen molar-refractivity contribution in [3.63, 3.8) is 0 Å². The molecule has 21 heavy (non-hydrogen) atoms. The van der Waals surface area contributed by atoms with Gasteiger partial charge in [-0.15, -0.1) is 0 Å². The molecule has 2 unspecified atom stereocenters. The average Bonchev–Trinajstić information content (AvgIpc) is 2.83. The van der Waals surface area contributed by atoms with E-state index in [9.17, 15) is 18.0 Å².